The average Bonchev–Trinajstić information content (AvgIpc) is 3.04. The van der Waals surface area contributed by atoms with Crippen LogP contribution in [0.3, 0.4) is 0 Å². The molecule has 0 unspecified atom stereocenters. The smallest absolute Gasteiger partial charge is 0.203 e. The summed E-state index contributed by atoms with van der Waals surface area (Å²) in [4.78, 5) is 2.37. The molecule has 0 aromatic carbocycles. The lowest BCUT2D eigenvalue weighted by Gasteiger charge is -2.17. The summed E-state index contributed by atoms with van der Waals surface area (Å²) >= 11 is 1.73. The minimum absolute atomic E-state index is 0.573. The molecule has 0 saturated carbocycles. The Morgan fingerprint density at radius 3 is 2.18 bits per heavy atom. The van der Waals surface area contributed by atoms with Gasteiger partial charge in [-0.15, -0.1) is 11.3 Å². The fourth-order valence-corrected chi connectivity index (χ4v) is 3.95. The SMILES string of the molecule is Cc1oc(CCc2sc(C)c3c2OCCO3)c2c1OCCO2. The molecule has 2 aromatic rings. The quantitative estimate of drug-likeness (QED) is 0.868. The van der Waals surface area contributed by atoms with E-state index in [-0.39, 0.29) is 0 Å². The van der Waals surface area contributed by atoms with E-state index in [1.54, 1.807) is 11.3 Å². The van der Waals surface area contributed by atoms with Crippen molar-refractivity contribution in [2.45, 2.75) is 26.7 Å². The number of fused-ring (bicyclic) bond motifs is 2. The van der Waals surface area contributed by atoms with Crippen LogP contribution in [0.25, 0.3) is 0 Å². The van der Waals surface area contributed by atoms with Crippen molar-refractivity contribution in [2.24, 2.45) is 0 Å². The van der Waals surface area contributed by atoms with Gasteiger partial charge in [0.25, 0.3) is 0 Å². The third kappa shape index (κ3) is 2.22. The van der Waals surface area contributed by atoms with E-state index < -0.39 is 0 Å². The van der Waals surface area contributed by atoms with Gasteiger partial charge in [0.2, 0.25) is 11.5 Å². The van der Waals surface area contributed by atoms with E-state index in [1.165, 1.54) is 9.75 Å². The maximum Gasteiger partial charge on any atom is 0.203 e. The topological polar surface area (TPSA) is 50.1 Å². The van der Waals surface area contributed by atoms with Gasteiger partial charge in [0.1, 0.15) is 37.9 Å². The van der Waals surface area contributed by atoms with Gasteiger partial charge in [-0.25, -0.2) is 0 Å². The highest BCUT2D eigenvalue weighted by atomic mass is 32.1. The number of hydrogen-bond acceptors (Lipinski definition) is 6. The zero-order valence-corrected chi connectivity index (χ0v) is 13.5. The largest absolute Gasteiger partial charge is 0.485 e. The van der Waals surface area contributed by atoms with Crippen molar-refractivity contribution < 1.29 is 23.4 Å². The molecule has 0 radical (unpaired) electrons. The van der Waals surface area contributed by atoms with E-state index >= 15 is 0 Å². The first-order chi connectivity index (χ1) is 10.7. The monoisotopic (exact) mass is 322 g/mol. The molecule has 0 bridgehead atoms. The normalized spacial score (nSPS) is 15.9. The summed E-state index contributed by atoms with van der Waals surface area (Å²) in [5, 5.41) is 0. The first-order valence-corrected chi connectivity index (χ1v) is 8.31. The Balaban J connectivity index is 1.56. The molecule has 0 saturated heterocycles. The second-order valence-corrected chi connectivity index (χ2v) is 6.68. The van der Waals surface area contributed by atoms with Gasteiger partial charge in [0.15, 0.2) is 11.5 Å². The van der Waals surface area contributed by atoms with Gasteiger partial charge >= 0.3 is 0 Å². The molecule has 0 atom stereocenters. The second-order valence-electron chi connectivity index (χ2n) is 5.37. The van der Waals surface area contributed by atoms with Crippen molar-refractivity contribution in [3.63, 3.8) is 0 Å². The Kier molecular flexibility index (Phi) is 3.41. The summed E-state index contributed by atoms with van der Waals surface area (Å²) in [6, 6.07) is 0. The molecule has 0 fully saturated rings. The van der Waals surface area contributed by atoms with Gasteiger partial charge in [-0.3, -0.25) is 0 Å². The highest BCUT2D eigenvalue weighted by molar-refractivity contribution is 7.12. The predicted octanol–water partition coefficient (Wildman–Crippen LogP) is 3.29. The number of aryl methyl sites for hydroxylation is 4. The Bertz CT molecular complexity index is 640. The molecule has 0 N–H and O–H groups in total. The Hall–Kier alpha value is -1.82. The van der Waals surface area contributed by atoms with Crippen LogP contribution in [0.15, 0.2) is 4.42 Å². The summed E-state index contributed by atoms with van der Waals surface area (Å²) < 4.78 is 28.6. The molecule has 2 aliphatic heterocycles. The fraction of sp³-hybridized carbons (Fsp3) is 0.500. The number of ether oxygens (including phenoxy) is 4. The van der Waals surface area contributed by atoms with Crippen LogP contribution in [0.1, 0.15) is 21.3 Å². The summed E-state index contributed by atoms with van der Waals surface area (Å²) in [5.74, 6) is 4.97. The number of thiophene rings is 1. The molecule has 2 aliphatic rings. The van der Waals surface area contributed by atoms with Crippen LogP contribution in [0.2, 0.25) is 0 Å². The summed E-state index contributed by atoms with van der Waals surface area (Å²) in [6.45, 7) is 6.37. The standard InChI is InChI=1S/C16H18O5S/c1-9-13-15(19-7-5-17-13)11(21-9)3-4-12-16-14(10(2)22-12)18-6-8-20-16/h3-8H2,1-2H3. The minimum Gasteiger partial charge on any atom is -0.485 e. The van der Waals surface area contributed by atoms with Crippen molar-refractivity contribution in [1.29, 1.82) is 0 Å². The van der Waals surface area contributed by atoms with E-state index in [4.69, 9.17) is 23.4 Å². The van der Waals surface area contributed by atoms with Gasteiger partial charge in [-0.2, -0.15) is 0 Å². The van der Waals surface area contributed by atoms with Gasteiger partial charge in [0.05, 0.1) is 4.88 Å². The Morgan fingerprint density at radius 2 is 1.41 bits per heavy atom. The van der Waals surface area contributed by atoms with Crippen LogP contribution in [0.4, 0.5) is 0 Å². The van der Waals surface area contributed by atoms with E-state index in [0.717, 1.165) is 47.4 Å². The molecule has 4 rings (SSSR count). The predicted molar refractivity (Wildman–Crippen MR) is 81.9 cm³/mol. The third-order valence-corrected chi connectivity index (χ3v) is 4.97. The lowest BCUT2D eigenvalue weighted by Crippen LogP contribution is -2.16. The van der Waals surface area contributed by atoms with Crippen LogP contribution < -0.4 is 18.9 Å². The highest BCUT2D eigenvalue weighted by Crippen LogP contribution is 2.45. The molecule has 22 heavy (non-hydrogen) atoms. The molecule has 5 nitrogen and oxygen atoms in total. The van der Waals surface area contributed by atoms with E-state index in [2.05, 4.69) is 6.92 Å². The summed E-state index contributed by atoms with van der Waals surface area (Å²) in [5.41, 5.74) is 0. The lowest BCUT2D eigenvalue weighted by atomic mass is 10.2. The third-order valence-electron chi connectivity index (χ3n) is 3.84. The molecule has 0 spiro atoms. The fourth-order valence-electron chi connectivity index (χ4n) is 2.89. The van der Waals surface area contributed by atoms with Crippen molar-refractivity contribution in [3.05, 3.63) is 21.3 Å². The molecule has 118 valence electrons. The van der Waals surface area contributed by atoms with Crippen LogP contribution >= 0.6 is 11.3 Å². The molecule has 0 aliphatic carbocycles. The van der Waals surface area contributed by atoms with Crippen molar-refractivity contribution >= 4 is 11.3 Å². The molecular formula is C16H18O5S. The first-order valence-electron chi connectivity index (χ1n) is 7.49. The Labute approximate surface area is 132 Å². The molecular weight excluding hydrogens is 304 g/mol. The van der Waals surface area contributed by atoms with Crippen LogP contribution in [0, 0.1) is 13.8 Å². The van der Waals surface area contributed by atoms with Crippen LogP contribution in [0.5, 0.6) is 23.0 Å². The lowest BCUT2D eigenvalue weighted by molar-refractivity contribution is 0.170. The number of furan rings is 1. The van der Waals surface area contributed by atoms with Gasteiger partial charge in [-0.05, 0) is 20.3 Å². The van der Waals surface area contributed by atoms with E-state index in [1.807, 2.05) is 6.92 Å². The van der Waals surface area contributed by atoms with Crippen molar-refractivity contribution in [2.75, 3.05) is 26.4 Å². The number of rotatable bonds is 3. The number of hydrogen-bond donors (Lipinski definition) is 0. The minimum atomic E-state index is 0.573. The van der Waals surface area contributed by atoms with Crippen LogP contribution in [-0.2, 0) is 12.8 Å². The molecule has 2 aromatic heterocycles. The second kappa shape index (κ2) is 5.43. The summed E-state index contributed by atoms with van der Waals surface area (Å²) in [7, 11) is 0. The summed E-state index contributed by atoms with van der Waals surface area (Å²) in [6.07, 6.45) is 1.60. The first kappa shape index (κ1) is 13.8. The van der Waals surface area contributed by atoms with Gasteiger partial charge in [0, 0.05) is 11.3 Å². The zero-order chi connectivity index (χ0) is 15.1. The molecule has 0 amide bonds. The average molecular weight is 322 g/mol. The van der Waals surface area contributed by atoms with Crippen molar-refractivity contribution in [3.8, 4) is 23.0 Å². The van der Waals surface area contributed by atoms with E-state index in [9.17, 15) is 0 Å². The highest BCUT2D eigenvalue weighted by Gasteiger charge is 2.26. The van der Waals surface area contributed by atoms with Crippen molar-refractivity contribution in [1.82, 2.24) is 0 Å². The Morgan fingerprint density at radius 1 is 0.773 bits per heavy atom. The van der Waals surface area contributed by atoms with Gasteiger partial charge < -0.3 is 23.4 Å². The molecule has 4 heterocycles. The van der Waals surface area contributed by atoms with Gasteiger partial charge in [-0.1, -0.05) is 0 Å². The maximum atomic E-state index is 5.82. The zero-order valence-electron chi connectivity index (χ0n) is 12.7. The van der Waals surface area contributed by atoms with Crippen LogP contribution in [-0.4, -0.2) is 26.4 Å². The van der Waals surface area contributed by atoms with E-state index in [0.29, 0.717) is 26.4 Å². The molecule has 6 heteroatoms. The maximum absolute atomic E-state index is 5.82.